The number of amides is 1. The molecule has 8 nitrogen and oxygen atoms in total. The van der Waals surface area contributed by atoms with E-state index in [2.05, 4.69) is 21.2 Å². The normalized spacial score (nSPS) is 14.7. The van der Waals surface area contributed by atoms with Crippen molar-refractivity contribution in [1.29, 1.82) is 0 Å². The summed E-state index contributed by atoms with van der Waals surface area (Å²) in [6.07, 6.45) is 0. The monoisotopic (exact) mass is 389 g/mol. The van der Waals surface area contributed by atoms with E-state index in [4.69, 9.17) is 17.4 Å². The fourth-order valence-electron chi connectivity index (χ4n) is 2.43. The zero-order chi connectivity index (χ0) is 18.9. The first-order valence-electron chi connectivity index (χ1n) is 7.44. The lowest BCUT2D eigenvalue weighted by Crippen LogP contribution is -2.27. The summed E-state index contributed by atoms with van der Waals surface area (Å²) in [5, 5.41) is 14.9. The molecule has 0 fully saturated rings. The van der Waals surface area contributed by atoms with E-state index in [0.717, 1.165) is 11.3 Å². The smallest absolute Gasteiger partial charge is 0.276 e. The Bertz CT molecular complexity index is 1030. The Balaban J connectivity index is 1.71. The molecular weight excluding hydrogens is 374 g/mol. The number of primary sulfonamides is 1. The van der Waals surface area contributed by atoms with Crippen LogP contribution in [0.15, 0.2) is 52.5 Å². The maximum Gasteiger partial charge on any atom is 0.276 e. The highest BCUT2D eigenvalue weighted by atomic mass is 32.2. The van der Waals surface area contributed by atoms with Crippen LogP contribution in [-0.2, 0) is 14.8 Å². The van der Waals surface area contributed by atoms with Gasteiger partial charge in [0.15, 0.2) is 10.8 Å². The summed E-state index contributed by atoms with van der Waals surface area (Å²) >= 11 is 5.14. The lowest BCUT2D eigenvalue weighted by molar-refractivity contribution is -0.110. The predicted octanol–water partition coefficient (Wildman–Crippen LogP) is 1.29. The number of nitrogens with zero attached hydrogens (tertiary/aromatic N) is 1. The van der Waals surface area contributed by atoms with Crippen LogP contribution < -0.4 is 21.2 Å². The highest BCUT2D eigenvalue weighted by Gasteiger charge is 2.27. The van der Waals surface area contributed by atoms with Crippen LogP contribution in [0.5, 0.6) is 0 Å². The summed E-state index contributed by atoms with van der Waals surface area (Å²) in [4.78, 5) is 12.1. The second-order valence-corrected chi connectivity index (χ2v) is 7.52. The number of sulfonamides is 1. The fourth-order valence-corrected chi connectivity index (χ4v) is 3.11. The molecule has 0 atom stereocenters. The molecule has 1 aliphatic heterocycles. The molecule has 0 saturated carbocycles. The molecule has 2 aromatic rings. The Morgan fingerprint density at radius 2 is 1.88 bits per heavy atom. The van der Waals surface area contributed by atoms with Crippen molar-refractivity contribution >= 4 is 50.3 Å². The molecule has 5 N–H and O–H groups in total. The van der Waals surface area contributed by atoms with Crippen LogP contribution in [0.1, 0.15) is 11.1 Å². The van der Waals surface area contributed by atoms with E-state index in [1.165, 1.54) is 24.3 Å². The van der Waals surface area contributed by atoms with Crippen molar-refractivity contribution in [1.82, 2.24) is 5.43 Å². The number of nitrogens with one attached hydrogen (secondary N) is 3. The van der Waals surface area contributed by atoms with Gasteiger partial charge in [-0.25, -0.2) is 13.6 Å². The standard InChI is InChI=1S/C16H15N5O3S2/c1-9-3-2-4-12-13(9)19-15(22)14(12)20-21-16(25)18-10-5-7-11(8-6-10)26(17,23)24/h2-8H,1H3,(H2,17,23,24)(H2,18,21,25)(H,19,20,22). The number of carbonyl (C=O) groups excluding carboxylic acids is 1. The third-order valence-corrected chi connectivity index (χ3v) is 4.81. The van der Waals surface area contributed by atoms with E-state index in [9.17, 15) is 13.2 Å². The van der Waals surface area contributed by atoms with Crippen molar-refractivity contribution in [3.63, 3.8) is 0 Å². The van der Waals surface area contributed by atoms with E-state index in [1.54, 1.807) is 6.07 Å². The van der Waals surface area contributed by atoms with Crippen molar-refractivity contribution in [2.45, 2.75) is 11.8 Å². The summed E-state index contributed by atoms with van der Waals surface area (Å²) in [6.45, 7) is 1.90. The van der Waals surface area contributed by atoms with Crippen LogP contribution in [0.3, 0.4) is 0 Å². The van der Waals surface area contributed by atoms with Gasteiger partial charge in [0.05, 0.1) is 10.6 Å². The van der Waals surface area contributed by atoms with Crippen molar-refractivity contribution < 1.29 is 13.2 Å². The zero-order valence-corrected chi connectivity index (χ0v) is 15.2. The van der Waals surface area contributed by atoms with Crippen molar-refractivity contribution in [2.75, 3.05) is 10.6 Å². The maximum atomic E-state index is 12.1. The van der Waals surface area contributed by atoms with Gasteiger partial charge in [-0.2, -0.15) is 5.10 Å². The molecule has 134 valence electrons. The Hall–Kier alpha value is -2.82. The summed E-state index contributed by atoms with van der Waals surface area (Å²) in [5.41, 5.74) is 5.76. The minimum Gasteiger partial charge on any atom is -0.331 e. The summed E-state index contributed by atoms with van der Waals surface area (Å²) < 4.78 is 22.5. The van der Waals surface area contributed by atoms with E-state index in [1.807, 2.05) is 19.1 Å². The molecule has 0 bridgehead atoms. The quantitative estimate of drug-likeness (QED) is 0.463. The molecule has 0 aliphatic carbocycles. The fraction of sp³-hybridized carbons (Fsp3) is 0.0625. The van der Waals surface area contributed by atoms with Crippen LogP contribution >= 0.6 is 12.2 Å². The van der Waals surface area contributed by atoms with E-state index in [0.29, 0.717) is 11.3 Å². The number of fused-ring (bicyclic) bond motifs is 1. The number of anilines is 2. The lowest BCUT2D eigenvalue weighted by Gasteiger charge is -2.08. The average Bonchev–Trinajstić information content (AvgIpc) is 2.90. The van der Waals surface area contributed by atoms with Gasteiger partial charge >= 0.3 is 0 Å². The molecule has 26 heavy (non-hydrogen) atoms. The molecule has 3 rings (SSSR count). The molecule has 1 aliphatic rings. The number of benzene rings is 2. The van der Waals surface area contributed by atoms with Crippen LogP contribution in [0, 0.1) is 6.92 Å². The molecular formula is C16H15N5O3S2. The number of hydrazone groups is 1. The van der Waals surface area contributed by atoms with Crippen molar-refractivity contribution in [3.8, 4) is 0 Å². The van der Waals surface area contributed by atoms with E-state index < -0.39 is 10.0 Å². The van der Waals surface area contributed by atoms with Crippen LogP contribution in [0.2, 0.25) is 0 Å². The van der Waals surface area contributed by atoms with Crippen LogP contribution in [0.25, 0.3) is 0 Å². The number of hydrogen-bond acceptors (Lipinski definition) is 5. The van der Waals surface area contributed by atoms with Gasteiger partial charge in [0, 0.05) is 11.3 Å². The molecule has 0 spiro atoms. The second kappa shape index (κ2) is 6.83. The Kier molecular flexibility index (Phi) is 4.72. The molecule has 0 aromatic heterocycles. The van der Waals surface area contributed by atoms with Crippen LogP contribution in [-0.4, -0.2) is 25.1 Å². The molecule has 0 unspecified atom stereocenters. The third kappa shape index (κ3) is 3.72. The van der Waals surface area contributed by atoms with Crippen LogP contribution in [0.4, 0.5) is 11.4 Å². The van der Waals surface area contributed by atoms with Gasteiger partial charge in [-0.15, -0.1) is 0 Å². The Morgan fingerprint density at radius 3 is 2.54 bits per heavy atom. The van der Waals surface area contributed by atoms with Gasteiger partial charge in [0.25, 0.3) is 5.91 Å². The summed E-state index contributed by atoms with van der Waals surface area (Å²) in [6, 6.07) is 11.3. The van der Waals surface area contributed by atoms with Gasteiger partial charge in [-0.3, -0.25) is 10.2 Å². The van der Waals surface area contributed by atoms with Gasteiger partial charge in [0.2, 0.25) is 10.0 Å². The summed E-state index contributed by atoms with van der Waals surface area (Å²) in [7, 11) is -3.75. The van der Waals surface area contributed by atoms with Crippen molar-refractivity contribution in [3.05, 3.63) is 53.6 Å². The van der Waals surface area contributed by atoms with E-state index in [-0.39, 0.29) is 21.6 Å². The van der Waals surface area contributed by atoms with Gasteiger partial charge < -0.3 is 10.6 Å². The number of aryl methyl sites for hydroxylation is 1. The minimum atomic E-state index is -3.75. The largest absolute Gasteiger partial charge is 0.331 e. The number of thiocarbonyl (C=S) groups is 1. The molecule has 2 aromatic carbocycles. The van der Waals surface area contributed by atoms with Crippen molar-refractivity contribution in [2.24, 2.45) is 10.2 Å². The SMILES string of the molecule is Cc1cccc2c1NC(=O)C2=NNC(=S)Nc1ccc(S(N)(=O)=O)cc1. The van der Waals surface area contributed by atoms with Gasteiger partial charge in [-0.1, -0.05) is 18.2 Å². The Labute approximate surface area is 155 Å². The molecule has 0 radical (unpaired) electrons. The average molecular weight is 389 g/mol. The second-order valence-electron chi connectivity index (χ2n) is 5.55. The first-order valence-corrected chi connectivity index (χ1v) is 9.40. The maximum absolute atomic E-state index is 12.1. The highest BCUT2D eigenvalue weighted by Crippen LogP contribution is 2.26. The predicted molar refractivity (Wildman–Crippen MR) is 104 cm³/mol. The lowest BCUT2D eigenvalue weighted by atomic mass is 10.1. The molecule has 1 amide bonds. The third-order valence-electron chi connectivity index (χ3n) is 3.69. The first-order chi connectivity index (χ1) is 12.3. The zero-order valence-electron chi connectivity index (χ0n) is 13.6. The van der Waals surface area contributed by atoms with Gasteiger partial charge in [0.1, 0.15) is 0 Å². The highest BCUT2D eigenvalue weighted by molar-refractivity contribution is 7.89. The van der Waals surface area contributed by atoms with E-state index >= 15 is 0 Å². The number of para-hydroxylation sites is 1. The topological polar surface area (TPSA) is 126 Å². The number of hydrogen-bond donors (Lipinski definition) is 4. The Morgan fingerprint density at radius 1 is 1.19 bits per heavy atom. The first kappa shape index (κ1) is 18.0. The summed E-state index contributed by atoms with van der Waals surface area (Å²) in [5.74, 6) is -0.317. The van der Waals surface area contributed by atoms with Gasteiger partial charge in [-0.05, 0) is 49.0 Å². The molecule has 1 heterocycles. The number of nitrogens with two attached hydrogens (primary N) is 1. The number of rotatable bonds is 3. The molecule has 0 saturated heterocycles. The molecule has 10 heteroatoms. The number of carbonyl (C=O) groups is 1. The minimum absolute atomic E-state index is 0.00299.